The van der Waals surface area contributed by atoms with Crippen molar-refractivity contribution in [3.05, 3.63) is 63.5 Å². The highest BCUT2D eigenvalue weighted by Gasteiger charge is 2.36. The molecule has 0 aromatic heterocycles. The molecule has 1 N–H and O–H groups in total. The Balaban J connectivity index is 1.68. The first-order valence-corrected chi connectivity index (χ1v) is 10.1. The highest BCUT2D eigenvalue weighted by atomic mass is 79.9. The second-order valence-electron chi connectivity index (χ2n) is 5.83. The average molecular weight is 461 g/mol. The summed E-state index contributed by atoms with van der Waals surface area (Å²) in [6.07, 6.45) is 1.63. The van der Waals surface area contributed by atoms with Crippen molar-refractivity contribution < 1.29 is 19.1 Å². The zero-order chi connectivity index (χ0) is 20.1. The van der Waals surface area contributed by atoms with Gasteiger partial charge in [0, 0.05) is 10.2 Å². The lowest BCUT2D eigenvalue weighted by molar-refractivity contribution is -0.127. The van der Waals surface area contributed by atoms with Crippen molar-refractivity contribution in [2.45, 2.75) is 6.92 Å². The monoisotopic (exact) mass is 460 g/mol. The van der Waals surface area contributed by atoms with Gasteiger partial charge in [-0.05, 0) is 66.7 Å². The van der Waals surface area contributed by atoms with Gasteiger partial charge in [-0.1, -0.05) is 28.1 Å². The van der Waals surface area contributed by atoms with E-state index in [2.05, 4.69) is 21.2 Å². The van der Waals surface area contributed by atoms with Crippen LogP contribution in [0.25, 0.3) is 6.08 Å². The van der Waals surface area contributed by atoms with Crippen LogP contribution in [-0.4, -0.2) is 35.1 Å². The molecule has 8 heteroatoms. The predicted molar refractivity (Wildman–Crippen MR) is 113 cm³/mol. The van der Waals surface area contributed by atoms with Crippen molar-refractivity contribution in [3.63, 3.8) is 0 Å². The largest absolute Gasteiger partial charge is 0.494 e. The molecular weight excluding hydrogens is 444 g/mol. The van der Waals surface area contributed by atoms with Gasteiger partial charge < -0.3 is 10.1 Å². The van der Waals surface area contributed by atoms with Gasteiger partial charge >= 0.3 is 0 Å². The highest BCUT2D eigenvalue weighted by Crippen LogP contribution is 2.32. The van der Waals surface area contributed by atoms with Crippen LogP contribution in [0, 0.1) is 0 Å². The Morgan fingerprint density at radius 3 is 2.68 bits per heavy atom. The van der Waals surface area contributed by atoms with Crippen LogP contribution in [-0.2, 0) is 9.59 Å². The molecule has 1 saturated heterocycles. The maximum absolute atomic E-state index is 12.6. The number of benzene rings is 2. The van der Waals surface area contributed by atoms with E-state index in [1.165, 1.54) is 0 Å². The molecule has 0 bridgehead atoms. The average Bonchev–Trinajstić information content (AvgIpc) is 2.92. The zero-order valence-electron chi connectivity index (χ0n) is 15.0. The number of carbonyl (C=O) groups excluding carboxylic acids is 3. The van der Waals surface area contributed by atoms with Gasteiger partial charge in [0.2, 0.25) is 5.91 Å². The van der Waals surface area contributed by atoms with Crippen LogP contribution >= 0.6 is 27.7 Å². The van der Waals surface area contributed by atoms with Gasteiger partial charge in [0.15, 0.2) is 0 Å². The van der Waals surface area contributed by atoms with E-state index in [9.17, 15) is 14.4 Å². The van der Waals surface area contributed by atoms with Crippen LogP contribution in [0.15, 0.2) is 57.9 Å². The molecule has 3 rings (SSSR count). The Bertz CT molecular complexity index is 943. The fourth-order valence-corrected chi connectivity index (χ4v) is 3.63. The van der Waals surface area contributed by atoms with E-state index in [-0.39, 0.29) is 11.4 Å². The molecule has 0 aliphatic carbocycles. The number of carbonyl (C=O) groups is 3. The number of thioether (sulfide) groups is 1. The van der Waals surface area contributed by atoms with Crippen LogP contribution in [0.3, 0.4) is 0 Å². The van der Waals surface area contributed by atoms with E-state index in [0.29, 0.717) is 18.0 Å². The van der Waals surface area contributed by atoms with Crippen LogP contribution in [0.1, 0.15) is 12.5 Å². The number of nitrogens with one attached hydrogen (secondary N) is 1. The molecule has 6 nitrogen and oxygen atoms in total. The number of rotatable bonds is 6. The second-order valence-corrected chi connectivity index (χ2v) is 7.74. The molecule has 28 heavy (non-hydrogen) atoms. The molecule has 0 saturated carbocycles. The molecule has 3 amide bonds. The van der Waals surface area contributed by atoms with E-state index in [0.717, 1.165) is 26.7 Å². The summed E-state index contributed by atoms with van der Waals surface area (Å²) in [5, 5.41) is 2.20. The number of anilines is 1. The number of hydrogen-bond acceptors (Lipinski definition) is 5. The van der Waals surface area contributed by atoms with Crippen LogP contribution in [0.2, 0.25) is 0 Å². The Kier molecular flexibility index (Phi) is 6.53. The molecule has 1 heterocycles. The number of nitrogens with zero attached hydrogens (tertiary/aromatic N) is 1. The fourth-order valence-electron chi connectivity index (χ4n) is 2.53. The fraction of sp³-hybridized carbons (Fsp3) is 0.150. The summed E-state index contributed by atoms with van der Waals surface area (Å²) in [7, 11) is 0. The number of halogens is 1. The lowest BCUT2D eigenvalue weighted by Gasteiger charge is -2.12. The van der Waals surface area contributed by atoms with Gasteiger partial charge in [0.25, 0.3) is 11.1 Å². The lowest BCUT2D eigenvalue weighted by Crippen LogP contribution is -2.36. The molecular formula is C20H17BrN2O4S. The minimum atomic E-state index is -0.484. The minimum absolute atomic E-state index is 0.273. The first kappa shape index (κ1) is 20.2. The number of amides is 3. The first-order chi connectivity index (χ1) is 13.5. The third kappa shape index (κ3) is 5.02. The third-order valence-electron chi connectivity index (χ3n) is 3.77. The van der Waals surface area contributed by atoms with Gasteiger partial charge in [0.1, 0.15) is 12.3 Å². The maximum atomic E-state index is 12.6. The smallest absolute Gasteiger partial charge is 0.294 e. The van der Waals surface area contributed by atoms with E-state index >= 15 is 0 Å². The van der Waals surface area contributed by atoms with E-state index in [1.54, 1.807) is 36.4 Å². The van der Waals surface area contributed by atoms with Crippen molar-refractivity contribution in [2.75, 3.05) is 18.5 Å². The third-order valence-corrected chi connectivity index (χ3v) is 5.21. The summed E-state index contributed by atoms with van der Waals surface area (Å²) in [6, 6.07) is 14.3. The predicted octanol–water partition coefficient (Wildman–Crippen LogP) is 4.52. The Labute approximate surface area is 175 Å². The molecule has 2 aromatic rings. The summed E-state index contributed by atoms with van der Waals surface area (Å²) in [6.45, 7) is 2.09. The molecule has 0 spiro atoms. The number of ether oxygens (including phenoxy) is 1. The zero-order valence-corrected chi connectivity index (χ0v) is 17.4. The summed E-state index contributed by atoms with van der Waals surface area (Å²) in [4.78, 5) is 38.2. The van der Waals surface area contributed by atoms with Crippen LogP contribution in [0.4, 0.5) is 10.5 Å². The Morgan fingerprint density at radius 2 is 1.96 bits per heavy atom. The molecule has 1 fully saturated rings. The number of imide groups is 1. The molecule has 144 valence electrons. The summed E-state index contributed by atoms with van der Waals surface area (Å²) < 4.78 is 6.33. The topological polar surface area (TPSA) is 75.7 Å². The minimum Gasteiger partial charge on any atom is -0.494 e. The van der Waals surface area contributed by atoms with Crippen molar-refractivity contribution >= 4 is 56.5 Å². The highest BCUT2D eigenvalue weighted by molar-refractivity contribution is 9.10. The van der Waals surface area contributed by atoms with E-state index in [1.807, 2.05) is 25.1 Å². The summed E-state index contributed by atoms with van der Waals surface area (Å²) >= 11 is 4.14. The van der Waals surface area contributed by atoms with Crippen molar-refractivity contribution in [1.29, 1.82) is 0 Å². The molecule has 0 unspecified atom stereocenters. The standard InChI is InChI=1S/C20H17BrN2O4S/c1-2-27-16-5-3-4-13(10-16)11-17-19(25)23(20(26)28-17)12-18(24)22-15-8-6-14(21)7-9-15/h3-11H,2,12H2,1H3,(H,22,24)/b17-11-. The molecule has 0 radical (unpaired) electrons. The summed E-state index contributed by atoms with van der Waals surface area (Å²) in [5.74, 6) is -0.240. The van der Waals surface area contributed by atoms with E-state index < -0.39 is 17.1 Å². The van der Waals surface area contributed by atoms with Crippen LogP contribution < -0.4 is 10.1 Å². The number of hydrogen-bond donors (Lipinski definition) is 1. The Morgan fingerprint density at radius 1 is 1.21 bits per heavy atom. The SMILES string of the molecule is CCOc1cccc(/C=C2\SC(=O)N(CC(=O)Nc3ccc(Br)cc3)C2=O)c1. The Hall–Kier alpha value is -2.58. The second kappa shape index (κ2) is 9.07. The van der Waals surface area contributed by atoms with Gasteiger partial charge in [-0.25, -0.2) is 0 Å². The quantitative estimate of drug-likeness (QED) is 0.641. The van der Waals surface area contributed by atoms with Gasteiger partial charge in [-0.15, -0.1) is 0 Å². The first-order valence-electron chi connectivity index (χ1n) is 8.50. The lowest BCUT2D eigenvalue weighted by atomic mass is 10.2. The van der Waals surface area contributed by atoms with Crippen LogP contribution in [0.5, 0.6) is 5.75 Å². The van der Waals surface area contributed by atoms with Crippen molar-refractivity contribution in [2.24, 2.45) is 0 Å². The normalized spacial score (nSPS) is 15.2. The van der Waals surface area contributed by atoms with Crippen molar-refractivity contribution in [3.8, 4) is 5.75 Å². The summed E-state index contributed by atoms with van der Waals surface area (Å²) in [5.41, 5.74) is 1.33. The van der Waals surface area contributed by atoms with Gasteiger partial charge in [-0.3, -0.25) is 19.3 Å². The molecule has 1 aliphatic rings. The maximum Gasteiger partial charge on any atom is 0.294 e. The van der Waals surface area contributed by atoms with Crippen molar-refractivity contribution in [1.82, 2.24) is 4.90 Å². The molecule has 1 aliphatic heterocycles. The van der Waals surface area contributed by atoms with Gasteiger partial charge in [0.05, 0.1) is 11.5 Å². The van der Waals surface area contributed by atoms with Gasteiger partial charge in [-0.2, -0.15) is 0 Å². The molecule has 2 aromatic carbocycles. The van der Waals surface area contributed by atoms with E-state index in [4.69, 9.17) is 4.74 Å². The molecule has 0 atom stereocenters.